The van der Waals surface area contributed by atoms with E-state index in [2.05, 4.69) is 5.32 Å². The van der Waals surface area contributed by atoms with Crippen LogP contribution in [0, 0.1) is 0 Å². The van der Waals surface area contributed by atoms with Gasteiger partial charge in [-0.15, -0.1) is 0 Å². The zero-order valence-corrected chi connectivity index (χ0v) is 12.1. The number of anilines is 1. The van der Waals surface area contributed by atoms with E-state index in [4.69, 9.17) is 4.74 Å². The Labute approximate surface area is 126 Å². The molecular formula is C17H13NO4. The molecule has 1 aliphatic rings. The van der Waals surface area contributed by atoms with E-state index in [9.17, 15) is 14.4 Å². The second kappa shape index (κ2) is 5.11. The largest absolute Gasteiger partial charge is 0.496 e. The van der Waals surface area contributed by atoms with Crippen LogP contribution in [0.4, 0.5) is 5.69 Å². The molecule has 0 heterocycles. The van der Waals surface area contributed by atoms with Gasteiger partial charge >= 0.3 is 0 Å². The number of carbonyl (C=O) groups is 3. The maximum absolute atomic E-state index is 12.8. The molecule has 22 heavy (non-hydrogen) atoms. The summed E-state index contributed by atoms with van der Waals surface area (Å²) < 4.78 is 5.20. The molecule has 110 valence electrons. The van der Waals surface area contributed by atoms with Crippen molar-refractivity contribution in [2.24, 2.45) is 0 Å². The zero-order valence-electron chi connectivity index (χ0n) is 12.1. The first-order valence-electron chi connectivity index (χ1n) is 6.71. The van der Waals surface area contributed by atoms with Crippen LogP contribution in [0.15, 0.2) is 36.4 Å². The van der Waals surface area contributed by atoms with Gasteiger partial charge < -0.3 is 10.1 Å². The van der Waals surface area contributed by atoms with Gasteiger partial charge in [-0.2, -0.15) is 0 Å². The minimum atomic E-state index is -0.301. The molecule has 1 N–H and O–H groups in total. The van der Waals surface area contributed by atoms with E-state index in [-0.39, 0.29) is 39.7 Å². The van der Waals surface area contributed by atoms with Crippen LogP contribution in [0.25, 0.3) is 0 Å². The Morgan fingerprint density at radius 1 is 0.955 bits per heavy atom. The summed E-state index contributed by atoms with van der Waals surface area (Å²) in [5.74, 6) is -0.515. The SMILES string of the molecule is COc1cccc2c1C(=O)c1cccc(NC(C)=O)c1C2=O. The Morgan fingerprint density at radius 2 is 1.55 bits per heavy atom. The lowest BCUT2D eigenvalue weighted by Gasteiger charge is -2.21. The van der Waals surface area contributed by atoms with Gasteiger partial charge in [0.25, 0.3) is 0 Å². The topological polar surface area (TPSA) is 72.5 Å². The standard InChI is InChI=1S/C17H13NO4/c1-9(19)18-12-7-3-5-10-14(12)16(20)11-6-4-8-13(22-2)15(11)17(10)21/h3-8H,1-2H3,(H,18,19). The first-order chi connectivity index (χ1) is 10.5. The number of hydrogen-bond acceptors (Lipinski definition) is 4. The highest BCUT2D eigenvalue weighted by atomic mass is 16.5. The molecule has 0 aromatic heterocycles. The summed E-state index contributed by atoms with van der Waals surface area (Å²) in [4.78, 5) is 36.8. The molecule has 0 atom stereocenters. The van der Waals surface area contributed by atoms with Crippen molar-refractivity contribution in [3.05, 3.63) is 58.7 Å². The summed E-state index contributed by atoms with van der Waals surface area (Å²) in [6.07, 6.45) is 0. The molecule has 5 nitrogen and oxygen atoms in total. The van der Waals surface area contributed by atoms with E-state index in [1.165, 1.54) is 14.0 Å². The summed E-state index contributed by atoms with van der Waals surface area (Å²) in [6, 6.07) is 9.72. The quantitative estimate of drug-likeness (QED) is 0.788. The highest BCUT2D eigenvalue weighted by molar-refractivity contribution is 6.31. The fourth-order valence-corrected chi connectivity index (χ4v) is 2.67. The van der Waals surface area contributed by atoms with Crippen LogP contribution in [0.1, 0.15) is 38.8 Å². The molecule has 3 rings (SSSR count). The average molecular weight is 295 g/mol. The lowest BCUT2D eigenvalue weighted by Crippen LogP contribution is -2.24. The molecule has 1 amide bonds. The van der Waals surface area contributed by atoms with Crippen molar-refractivity contribution in [3.8, 4) is 5.75 Å². The van der Waals surface area contributed by atoms with Crippen LogP contribution >= 0.6 is 0 Å². The number of fused-ring (bicyclic) bond motifs is 2. The molecule has 0 saturated carbocycles. The number of hydrogen-bond donors (Lipinski definition) is 1. The predicted molar refractivity (Wildman–Crippen MR) is 80.6 cm³/mol. The van der Waals surface area contributed by atoms with Crippen molar-refractivity contribution in [1.29, 1.82) is 0 Å². The molecule has 0 aliphatic heterocycles. The number of methoxy groups -OCH3 is 1. The highest BCUT2D eigenvalue weighted by Crippen LogP contribution is 2.35. The summed E-state index contributed by atoms with van der Waals surface area (Å²) in [5, 5.41) is 2.60. The second-order valence-corrected chi connectivity index (χ2v) is 4.95. The summed E-state index contributed by atoms with van der Waals surface area (Å²) in [5.41, 5.74) is 1.39. The predicted octanol–water partition coefficient (Wildman–Crippen LogP) is 2.43. The summed E-state index contributed by atoms with van der Waals surface area (Å²) >= 11 is 0. The van der Waals surface area contributed by atoms with Crippen molar-refractivity contribution < 1.29 is 19.1 Å². The molecule has 1 aliphatic carbocycles. The van der Waals surface area contributed by atoms with Gasteiger partial charge in [0.05, 0.1) is 23.9 Å². The average Bonchev–Trinajstić information content (AvgIpc) is 2.51. The van der Waals surface area contributed by atoms with E-state index < -0.39 is 0 Å². The Hall–Kier alpha value is -2.95. The van der Waals surface area contributed by atoms with Crippen LogP contribution in [0.3, 0.4) is 0 Å². The van der Waals surface area contributed by atoms with Crippen molar-refractivity contribution >= 4 is 23.2 Å². The third kappa shape index (κ3) is 1.98. The zero-order chi connectivity index (χ0) is 15.9. The number of rotatable bonds is 2. The van der Waals surface area contributed by atoms with Crippen LogP contribution in [0.2, 0.25) is 0 Å². The van der Waals surface area contributed by atoms with Gasteiger partial charge in [-0.3, -0.25) is 14.4 Å². The van der Waals surface area contributed by atoms with Crippen molar-refractivity contribution in [2.75, 3.05) is 12.4 Å². The third-order valence-electron chi connectivity index (χ3n) is 3.56. The van der Waals surface area contributed by atoms with Gasteiger partial charge in [-0.05, 0) is 12.1 Å². The number of ketones is 2. The molecule has 0 spiro atoms. The maximum Gasteiger partial charge on any atom is 0.221 e. The molecule has 2 aromatic carbocycles. The molecule has 5 heteroatoms. The first kappa shape index (κ1) is 14.0. The normalized spacial score (nSPS) is 12.5. The smallest absolute Gasteiger partial charge is 0.221 e. The highest BCUT2D eigenvalue weighted by Gasteiger charge is 2.33. The van der Waals surface area contributed by atoms with E-state index in [1.54, 1.807) is 36.4 Å². The minimum Gasteiger partial charge on any atom is -0.496 e. The van der Waals surface area contributed by atoms with Crippen molar-refractivity contribution in [2.45, 2.75) is 6.92 Å². The molecule has 0 unspecified atom stereocenters. The number of nitrogens with one attached hydrogen (secondary N) is 1. The second-order valence-electron chi connectivity index (χ2n) is 4.95. The van der Waals surface area contributed by atoms with Gasteiger partial charge in [0.2, 0.25) is 5.91 Å². The molecule has 0 radical (unpaired) electrons. The molecule has 0 bridgehead atoms. The maximum atomic E-state index is 12.8. The number of benzene rings is 2. The van der Waals surface area contributed by atoms with Crippen molar-refractivity contribution in [1.82, 2.24) is 0 Å². The van der Waals surface area contributed by atoms with Gasteiger partial charge in [-0.1, -0.05) is 24.3 Å². The van der Waals surface area contributed by atoms with E-state index in [0.29, 0.717) is 11.4 Å². The summed E-state index contributed by atoms with van der Waals surface area (Å²) in [6.45, 7) is 1.35. The molecule has 0 saturated heterocycles. The lowest BCUT2D eigenvalue weighted by molar-refractivity contribution is -0.114. The van der Waals surface area contributed by atoms with Gasteiger partial charge in [-0.25, -0.2) is 0 Å². The Morgan fingerprint density at radius 3 is 2.18 bits per heavy atom. The Bertz CT molecular complexity index is 823. The van der Waals surface area contributed by atoms with E-state index in [0.717, 1.165) is 0 Å². The Kier molecular flexibility index (Phi) is 3.25. The van der Waals surface area contributed by atoms with Gasteiger partial charge in [0.1, 0.15) is 5.75 Å². The number of carbonyl (C=O) groups excluding carboxylic acids is 3. The first-order valence-corrected chi connectivity index (χ1v) is 6.71. The fourth-order valence-electron chi connectivity index (χ4n) is 2.67. The van der Waals surface area contributed by atoms with Crippen molar-refractivity contribution in [3.63, 3.8) is 0 Å². The van der Waals surface area contributed by atoms with E-state index in [1.807, 2.05) is 0 Å². The summed E-state index contributed by atoms with van der Waals surface area (Å²) in [7, 11) is 1.45. The minimum absolute atomic E-state index is 0.225. The Balaban J connectivity index is 2.27. The van der Waals surface area contributed by atoms with Gasteiger partial charge in [0.15, 0.2) is 11.6 Å². The number of ether oxygens (including phenoxy) is 1. The monoisotopic (exact) mass is 295 g/mol. The molecular weight excluding hydrogens is 282 g/mol. The van der Waals surface area contributed by atoms with Crippen LogP contribution in [0.5, 0.6) is 5.75 Å². The van der Waals surface area contributed by atoms with Crippen LogP contribution < -0.4 is 10.1 Å². The fraction of sp³-hybridized carbons (Fsp3) is 0.118. The third-order valence-corrected chi connectivity index (χ3v) is 3.56. The molecule has 2 aromatic rings. The lowest BCUT2D eigenvalue weighted by atomic mass is 9.82. The number of amides is 1. The van der Waals surface area contributed by atoms with Crippen LogP contribution in [-0.4, -0.2) is 24.6 Å². The van der Waals surface area contributed by atoms with Crippen LogP contribution in [-0.2, 0) is 4.79 Å². The van der Waals surface area contributed by atoms with E-state index >= 15 is 0 Å². The molecule has 0 fully saturated rings. The van der Waals surface area contributed by atoms with Gasteiger partial charge in [0, 0.05) is 18.1 Å².